The van der Waals surface area contributed by atoms with Crippen LogP contribution in [0.25, 0.3) is 0 Å². The first-order chi connectivity index (χ1) is 7.86. The van der Waals surface area contributed by atoms with Crippen molar-refractivity contribution in [2.45, 2.75) is 4.90 Å². The van der Waals surface area contributed by atoms with Gasteiger partial charge in [-0.05, 0) is 18.2 Å². The number of carboxylic acids is 1. The second-order valence-electron chi connectivity index (χ2n) is 3.00. The number of ether oxygens (including phenoxy) is 1. The number of aromatic carboxylic acids is 1. The molecule has 0 atom stereocenters. The number of carboxylic acid groups (broad SMARTS) is 1. The molecule has 1 aromatic carbocycles. The van der Waals surface area contributed by atoms with Gasteiger partial charge in [-0.3, -0.25) is 0 Å². The van der Waals surface area contributed by atoms with Crippen molar-refractivity contribution in [3.63, 3.8) is 0 Å². The highest BCUT2D eigenvalue weighted by molar-refractivity contribution is 8.13. The number of benzene rings is 1. The van der Waals surface area contributed by atoms with Crippen molar-refractivity contribution in [1.82, 2.24) is 0 Å². The summed E-state index contributed by atoms with van der Waals surface area (Å²) in [4.78, 5) is 10.3. The summed E-state index contributed by atoms with van der Waals surface area (Å²) >= 11 is 0. The molecule has 0 radical (unpaired) electrons. The monoisotopic (exact) mass is 276 g/mol. The molecule has 0 spiro atoms. The third-order valence-corrected chi connectivity index (χ3v) is 3.15. The van der Waals surface area contributed by atoms with Crippen LogP contribution in [0.3, 0.4) is 0 Å². The summed E-state index contributed by atoms with van der Waals surface area (Å²) in [7, 11) is 1.12. The van der Waals surface area contributed by atoms with Gasteiger partial charge in [0.15, 0.2) is 0 Å². The van der Waals surface area contributed by atoms with E-state index in [1.54, 1.807) is 0 Å². The Labute approximate surface area is 103 Å². The molecule has 17 heavy (non-hydrogen) atoms. The average Bonchev–Trinajstić information content (AvgIpc) is 2.24. The predicted molar refractivity (Wildman–Crippen MR) is 62.1 cm³/mol. The Bertz CT molecular complexity index is 550. The molecule has 7 heteroatoms. The summed E-state index contributed by atoms with van der Waals surface area (Å²) in [5, 5.41) is 8.75. The van der Waals surface area contributed by atoms with Crippen molar-refractivity contribution in [2.75, 3.05) is 6.61 Å². The molecule has 92 valence electrons. The van der Waals surface area contributed by atoms with Crippen LogP contribution in [0.4, 0.5) is 0 Å². The van der Waals surface area contributed by atoms with E-state index in [9.17, 15) is 13.2 Å². The molecular formula is C10H9ClO5S. The van der Waals surface area contributed by atoms with Gasteiger partial charge in [0.25, 0.3) is 9.05 Å². The van der Waals surface area contributed by atoms with Crippen molar-refractivity contribution in [3.05, 3.63) is 36.4 Å². The lowest BCUT2D eigenvalue weighted by Gasteiger charge is -2.08. The topological polar surface area (TPSA) is 80.7 Å². The largest absolute Gasteiger partial charge is 0.488 e. The lowest BCUT2D eigenvalue weighted by Crippen LogP contribution is -2.03. The van der Waals surface area contributed by atoms with Crippen molar-refractivity contribution in [2.24, 2.45) is 0 Å². The fraction of sp³-hybridized carbons (Fsp3) is 0.100. The summed E-state index contributed by atoms with van der Waals surface area (Å²) in [6.45, 7) is 3.50. The van der Waals surface area contributed by atoms with Gasteiger partial charge in [-0.2, -0.15) is 0 Å². The van der Waals surface area contributed by atoms with Crippen LogP contribution in [-0.4, -0.2) is 26.1 Å². The Balaban J connectivity index is 3.31. The van der Waals surface area contributed by atoms with E-state index in [0.29, 0.717) is 0 Å². The highest BCUT2D eigenvalue weighted by atomic mass is 35.7. The van der Waals surface area contributed by atoms with Crippen LogP contribution >= 0.6 is 10.7 Å². The number of hydrogen-bond donors (Lipinski definition) is 1. The van der Waals surface area contributed by atoms with E-state index in [2.05, 4.69) is 6.58 Å². The van der Waals surface area contributed by atoms with Crippen LogP contribution in [0.15, 0.2) is 35.7 Å². The van der Waals surface area contributed by atoms with Gasteiger partial charge in [0.05, 0.1) is 5.56 Å². The van der Waals surface area contributed by atoms with Gasteiger partial charge in [0, 0.05) is 10.7 Å². The zero-order valence-corrected chi connectivity index (χ0v) is 10.2. The highest BCUT2D eigenvalue weighted by Gasteiger charge is 2.19. The number of hydrogen-bond acceptors (Lipinski definition) is 4. The second-order valence-corrected chi connectivity index (χ2v) is 5.54. The summed E-state index contributed by atoms with van der Waals surface area (Å²) in [6, 6.07) is 3.41. The number of carbonyl (C=O) groups is 1. The highest BCUT2D eigenvalue weighted by Crippen LogP contribution is 2.28. The summed E-state index contributed by atoms with van der Waals surface area (Å²) in [5.74, 6) is -1.26. The van der Waals surface area contributed by atoms with Crippen LogP contribution in [0.1, 0.15) is 10.4 Å². The van der Waals surface area contributed by atoms with Gasteiger partial charge >= 0.3 is 5.97 Å². The zero-order valence-electron chi connectivity index (χ0n) is 8.59. The molecule has 1 rings (SSSR count). The summed E-state index contributed by atoms with van der Waals surface area (Å²) < 4.78 is 27.6. The van der Waals surface area contributed by atoms with Crippen molar-refractivity contribution in [1.29, 1.82) is 0 Å². The minimum Gasteiger partial charge on any atom is -0.488 e. The lowest BCUT2D eigenvalue weighted by atomic mass is 10.2. The predicted octanol–water partition coefficient (Wildman–Crippen LogP) is 1.88. The van der Waals surface area contributed by atoms with Gasteiger partial charge in [-0.15, -0.1) is 0 Å². The van der Waals surface area contributed by atoms with Gasteiger partial charge in [-0.1, -0.05) is 12.7 Å². The van der Waals surface area contributed by atoms with E-state index >= 15 is 0 Å². The first-order valence-electron chi connectivity index (χ1n) is 4.42. The molecular weight excluding hydrogens is 268 g/mol. The van der Waals surface area contributed by atoms with Crippen LogP contribution in [0, 0.1) is 0 Å². The standard InChI is InChI=1S/C10H9ClO5S/c1-2-5-16-8-4-3-7(10(12)13)6-9(8)17(11,14)15/h2-4,6H,1,5H2,(H,12,13). The molecule has 0 bridgehead atoms. The summed E-state index contributed by atoms with van der Waals surface area (Å²) in [6.07, 6.45) is 1.43. The molecule has 0 aliphatic heterocycles. The van der Waals surface area contributed by atoms with Gasteiger partial charge in [0.2, 0.25) is 0 Å². The van der Waals surface area contributed by atoms with Crippen LogP contribution in [0.2, 0.25) is 0 Å². The molecule has 5 nitrogen and oxygen atoms in total. The van der Waals surface area contributed by atoms with Crippen molar-refractivity contribution < 1.29 is 23.1 Å². The fourth-order valence-electron chi connectivity index (χ4n) is 1.10. The van der Waals surface area contributed by atoms with E-state index in [1.165, 1.54) is 18.2 Å². The zero-order chi connectivity index (χ0) is 13.1. The second kappa shape index (κ2) is 5.20. The Morgan fingerprint density at radius 2 is 2.18 bits per heavy atom. The molecule has 1 N–H and O–H groups in total. The molecule has 0 aliphatic carbocycles. The van der Waals surface area contributed by atoms with E-state index in [1.807, 2.05) is 0 Å². The van der Waals surface area contributed by atoms with Gasteiger partial charge in [-0.25, -0.2) is 13.2 Å². The molecule has 0 amide bonds. The molecule has 1 aromatic rings. The Hall–Kier alpha value is -1.53. The Morgan fingerprint density at radius 1 is 1.53 bits per heavy atom. The third kappa shape index (κ3) is 3.47. The fourth-order valence-corrected chi connectivity index (χ4v) is 2.10. The number of halogens is 1. The van der Waals surface area contributed by atoms with Crippen molar-refractivity contribution >= 4 is 25.7 Å². The third-order valence-electron chi connectivity index (χ3n) is 1.81. The maximum Gasteiger partial charge on any atom is 0.335 e. The first-order valence-corrected chi connectivity index (χ1v) is 6.73. The van der Waals surface area contributed by atoms with Crippen LogP contribution in [0.5, 0.6) is 5.75 Å². The smallest absolute Gasteiger partial charge is 0.335 e. The van der Waals surface area contributed by atoms with Crippen molar-refractivity contribution in [3.8, 4) is 5.75 Å². The molecule has 0 saturated carbocycles. The average molecular weight is 277 g/mol. The quantitative estimate of drug-likeness (QED) is 0.656. The summed E-state index contributed by atoms with van der Waals surface area (Å²) in [5.41, 5.74) is -0.185. The van der Waals surface area contributed by atoms with Gasteiger partial charge < -0.3 is 9.84 Å². The molecule has 0 aliphatic rings. The van der Waals surface area contributed by atoms with Crippen LogP contribution in [-0.2, 0) is 9.05 Å². The van der Waals surface area contributed by atoms with E-state index in [-0.39, 0.29) is 22.8 Å². The molecule has 0 unspecified atom stereocenters. The lowest BCUT2D eigenvalue weighted by molar-refractivity contribution is 0.0696. The Kier molecular flexibility index (Phi) is 4.14. The van der Waals surface area contributed by atoms with Gasteiger partial charge in [0.1, 0.15) is 17.3 Å². The molecule has 0 aromatic heterocycles. The van der Waals surface area contributed by atoms with E-state index < -0.39 is 15.0 Å². The molecule has 0 saturated heterocycles. The van der Waals surface area contributed by atoms with Crippen LogP contribution < -0.4 is 4.74 Å². The maximum atomic E-state index is 11.3. The van der Waals surface area contributed by atoms with E-state index in [0.717, 1.165) is 6.07 Å². The molecule has 0 heterocycles. The Morgan fingerprint density at radius 3 is 2.65 bits per heavy atom. The molecule has 0 fully saturated rings. The SMILES string of the molecule is C=CCOc1ccc(C(=O)O)cc1S(=O)(=O)Cl. The van der Waals surface area contributed by atoms with E-state index in [4.69, 9.17) is 20.5 Å². The number of rotatable bonds is 5. The normalized spacial score (nSPS) is 10.9. The minimum absolute atomic E-state index is 0.00935. The minimum atomic E-state index is -4.07. The maximum absolute atomic E-state index is 11.3. The first kappa shape index (κ1) is 13.5.